The van der Waals surface area contributed by atoms with Crippen LogP contribution in [0.1, 0.15) is 5.01 Å². The average molecular weight is 426 g/mol. The SMILES string of the molecule is N=C1C(c2nc(-c3ccc(Cl)cc3)cs2)=C(O)CN1[C@H]1CS(=O)(=O)C[C@@H]1O. The number of halogens is 1. The molecule has 0 radical (unpaired) electrons. The number of sulfone groups is 1. The van der Waals surface area contributed by atoms with E-state index in [2.05, 4.69) is 4.98 Å². The van der Waals surface area contributed by atoms with Gasteiger partial charge in [0.2, 0.25) is 0 Å². The Morgan fingerprint density at radius 2 is 1.96 bits per heavy atom. The third kappa shape index (κ3) is 3.36. The maximum atomic E-state index is 11.8. The van der Waals surface area contributed by atoms with Crippen molar-refractivity contribution in [2.45, 2.75) is 12.1 Å². The Kier molecular flexibility index (Phi) is 4.50. The van der Waals surface area contributed by atoms with E-state index >= 15 is 0 Å². The molecule has 2 aliphatic rings. The molecule has 10 heteroatoms. The van der Waals surface area contributed by atoms with Gasteiger partial charge in [-0.2, -0.15) is 0 Å². The second kappa shape index (κ2) is 6.59. The summed E-state index contributed by atoms with van der Waals surface area (Å²) >= 11 is 7.19. The highest BCUT2D eigenvalue weighted by Gasteiger charge is 2.44. The monoisotopic (exact) mass is 425 g/mol. The Morgan fingerprint density at radius 3 is 2.59 bits per heavy atom. The molecule has 2 atom stereocenters. The van der Waals surface area contributed by atoms with Crippen LogP contribution in [0.3, 0.4) is 0 Å². The van der Waals surface area contributed by atoms with Crippen molar-refractivity contribution in [3.8, 4) is 11.3 Å². The predicted octanol–water partition coefficient (Wildman–Crippen LogP) is 2.18. The average Bonchev–Trinajstić information content (AvgIpc) is 3.24. The minimum absolute atomic E-state index is 0.0126. The van der Waals surface area contributed by atoms with E-state index in [1.165, 1.54) is 16.2 Å². The number of nitrogens with zero attached hydrogens (tertiary/aromatic N) is 2. The maximum absolute atomic E-state index is 11.8. The fourth-order valence-corrected chi connectivity index (χ4v) is 6.18. The highest BCUT2D eigenvalue weighted by molar-refractivity contribution is 7.91. The molecule has 0 unspecified atom stereocenters. The molecule has 2 aliphatic heterocycles. The van der Waals surface area contributed by atoms with Gasteiger partial charge in [0.05, 0.1) is 41.5 Å². The van der Waals surface area contributed by atoms with Crippen LogP contribution in [-0.4, -0.2) is 64.5 Å². The lowest BCUT2D eigenvalue weighted by atomic mass is 10.1. The molecule has 7 nitrogen and oxygen atoms in total. The Hall–Kier alpha value is -1.94. The quantitative estimate of drug-likeness (QED) is 0.694. The highest BCUT2D eigenvalue weighted by atomic mass is 35.5. The van der Waals surface area contributed by atoms with E-state index in [-0.39, 0.29) is 35.2 Å². The van der Waals surface area contributed by atoms with Crippen molar-refractivity contribution in [3.05, 3.63) is 45.4 Å². The first-order chi connectivity index (χ1) is 12.7. The number of nitrogens with one attached hydrogen (secondary N) is 1. The molecule has 4 rings (SSSR count). The first-order valence-corrected chi connectivity index (χ1v) is 11.2. The van der Waals surface area contributed by atoms with Crippen LogP contribution in [-0.2, 0) is 9.84 Å². The lowest BCUT2D eigenvalue weighted by Crippen LogP contribution is -2.44. The topological polar surface area (TPSA) is 115 Å². The third-order valence-electron chi connectivity index (χ3n) is 4.68. The normalized spacial score (nSPS) is 24.8. The van der Waals surface area contributed by atoms with Crippen LogP contribution in [0.2, 0.25) is 5.02 Å². The van der Waals surface area contributed by atoms with Crippen molar-refractivity contribution >= 4 is 44.2 Å². The molecule has 3 N–H and O–H groups in total. The summed E-state index contributed by atoms with van der Waals surface area (Å²) in [6, 6.07) is 6.45. The van der Waals surface area contributed by atoms with Crippen molar-refractivity contribution in [2.75, 3.05) is 18.1 Å². The predicted molar refractivity (Wildman–Crippen MR) is 105 cm³/mol. The summed E-state index contributed by atoms with van der Waals surface area (Å²) in [5, 5.41) is 31.8. The maximum Gasteiger partial charge on any atom is 0.155 e. The number of hydrogen-bond acceptors (Lipinski definition) is 7. The second-order valence-corrected chi connectivity index (χ2v) is 10.0. The van der Waals surface area contributed by atoms with Crippen LogP contribution in [0, 0.1) is 5.41 Å². The number of amidine groups is 1. The van der Waals surface area contributed by atoms with Crippen molar-refractivity contribution in [3.63, 3.8) is 0 Å². The Bertz CT molecular complexity index is 1050. The molecule has 1 fully saturated rings. The van der Waals surface area contributed by atoms with Crippen LogP contribution >= 0.6 is 22.9 Å². The molecule has 1 saturated heterocycles. The fourth-order valence-electron chi connectivity index (χ4n) is 3.36. The lowest BCUT2D eigenvalue weighted by molar-refractivity contribution is 0.124. The zero-order valence-corrected chi connectivity index (χ0v) is 16.4. The number of thiazole rings is 1. The van der Waals surface area contributed by atoms with Gasteiger partial charge in [0, 0.05) is 16.0 Å². The number of rotatable bonds is 3. The number of aliphatic hydroxyl groups excluding tert-OH is 2. The number of benzene rings is 1. The van der Waals surface area contributed by atoms with Gasteiger partial charge in [-0.3, -0.25) is 5.41 Å². The first-order valence-electron chi connectivity index (χ1n) is 8.13. The largest absolute Gasteiger partial charge is 0.510 e. The van der Waals surface area contributed by atoms with Gasteiger partial charge in [-0.05, 0) is 12.1 Å². The first kappa shape index (κ1) is 18.4. The van der Waals surface area contributed by atoms with Crippen LogP contribution < -0.4 is 0 Å². The number of aromatic nitrogens is 1. The van der Waals surface area contributed by atoms with Gasteiger partial charge in [0.15, 0.2) is 9.84 Å². The molecule has 142 valence electrons. The molecular formula is C17H16ClN3O4S2. The Labute approximate surface area is 165 Å². The van der Waals surface area contributed by atoms with Gasteiger partial charge < -0.3 is 15.1 Å². The van der Waals surface area contributed by atoms with Gasteiger partial charge in [0.25, 0.3) is 0 Å². The van der Waals surface area contributed by atoms with Gasteiger partial charge in [-0.15, -0.1) is 11.3 Å². The summed E-state index contributed by atoms with van der Waals surface area (Å²) in [5.41, 5.74) is 1.83. The minimum atomic E-state index is -3.35. The van der Waals surface area contributed by atoms with Gasteiger partial charge in [-0.1, -0.05) is 23.7 Å². The molecule has 3 heterocycles. The van der Waals surface area contributed by atoms with Crippen molar-refractivity contribution in [1.82, 2.24) is 9.88 Å². The van der Waals surface area contributed by atoms with Crippen LogP contribution in [0.4, 0.5) is 0 Å². The van der Waals surface area contributed by atoms with Crippen molar-refractivity contribution in [1.29, 1.82) is 5.41 Å². The zero-order chi connectivity index (χ0) is 19.3. The van der Waals surface area contributed by atoms with Crippen LogP contribution in [0.5, 0.6) is 0 Å². The Morgan fingerprint density at radius 1 is 1.26 bits per heavy atom. The highest BCUT2D eigenvalue weighted by Crippen LogP contribution is 2.34. The summed E-state index contributed by atoms with van der Waals surface area (Å²) < 4.78 is 23.6. The molecule has 0 saturated carbocycles. The molecule has 0 amide bonds. The number of aliphatic hydroxyl groups is 2. The van der Waals surface area contributed by atoms with E-state index < -0.39 is 22.0 Å². The van der Waals surface area contributed by atoms with Crippen LogP contribution in [0.25, 0.3) is 16.8 Å². The summed E-state index contributed by atoms with van der Waals surface area (Å²) in [6.45, 7) is -0.0126. The van der Waals surface area contributed by atoms with Gasteiger partial charge in [0.1, 0.15) is 16.6 Å². The summed E-state index contributed by atoms with van der Waals surface area (Å²) in [7, 11) is -3.35. The molecular weight excluding hydrogens is 410 g/mol. The zero-order valence-electron chi connectivity index (χ0n) is 14.0. The fraction of sp³-hybridized carbons (Fsp3) is 0.294. The summed E-state index contributed by atoms with van der Waals surface area (Å²) in [5.74, 6) is -0.625. The van der Waals surface area contributed by atoms with E-state index in [9.17, 15) is 18.6 Å². The van der Waals surface area contributed by atoms with Crippen molar-refractivity contribution in [2.24, 2.45) is 0 Å². The molecule has 1 aromatic heterocycles. The smallest absolute Gasteiger partial charge is 0.155 e. The lowest BCUT2D eigenvalue weighted by Gasteiger charge is -2.27. The van der Waals surface area contributed by atoms with E-state index in [1.807, 2.05) is 17.5 Å². The van der Waals surface area contributed by atoms with Gasteiger partial charge >= 0.3 is 0 Å². The molecule has 27 heavy (non-hydrogen) atoms. The molecule has 0 bridgehead atoms. The van der Waals surface area contributed by atoms with E-state index in [0.717, 1.165) is 5.56 Å². The molecule has 2 aromatic rings. The summed E-state index contributed by atoms with van der Waals surface area (Å²) in [6.07, 6.45) is -1.08. The molecule has 1 aromatic carbocycles. The second-order valence-electron chi connectivity index (χ2n) is 6.55. The van der Waals surface area contributed by atoms with Crippen molar-refractivity contribution < 1.29 is 18.6 Å². The molecule has 0 spiro atoms. The van der Waals surface area contributed by atoms with Gasteiger partial charge in [-0.25, -0.2) is 13.4 Å². The summed E-state index contributed by atoms with van der Waals surface area (Å²) in [4.78, 5) is 5.94. The van der Waals surface area contributed by atoms with Crippen LogP contribution in [0.15, 0.2) is 35.4 Å². The van der Waals surface area contributed by atoms with E-state index in [4.69, 9.17) is 17.0 Å². The third-order valence-corrected chi connectivity index (χ3v) is 7.50. The van der Waals surface area contributed by atoms with E-state index in [0.29, 0.717) is 15.7 Å². The molecule has 0 aliphatic carbocycles. The standard InChI is InChI=1S/C17H16ClN3O4S2/c18-10-3-1-9(2-4-10)11-6-26-17(20-11)15-13(22)5-21(16(15)19)12-7-27(24,25)8-14(12)23/h1-4,6,12,14,19,22-23H,5,7-8H2/t12-,14-/m0/s1. The van der Waals surface area contributed by atoms with E-state index in [1.54, 1.807) is 12.1 Å². The number of hydrogen-bond donors (Lipinski definition) is 3. The Balaban J connectivity index is 1.60. The minimum Gasteiger partial charge on any atom is -0.510 e.